The van der Waals surface area contributed by atoms with Gasteiger partial charge >= 0.3 is 6.05 Å². The van der Waals surface area contributed by atoms with Crippen LogP contribution < -0.4 is 0 Å². The lowest BCUT2D eigenvalue weighted by Gasteiger charge is -2.15. The highest BCUT2D eigenvalue weighted by molar-refractivity contribution is 4.76. The third kappa shape index (κ3) is 1.19. The van der Waals surface area contributed by atoms with Gasteiger partial charge in [-0.25, -0.2) is 4.90 Å². The van der Waals surface area contributed by atoms with Gasteiger partial charge in [0.2, 0.25) is 0 Å². The fourth-order valence-electron chi connectivity index (χ4n) is 0.961. The molecule has 0 aromatic heterocycles. The molecular weight excluding hydrogens is 126 g/mol. The lowest BCUT2D eigenvalue weighted by Crippen LogP contribution is -2.33. The maximum absolute atomic E-state index is 12.5. The molecule has 1 aliphatic rings. The summed E-state index contributed by atoms with van der Waals surface area (Å²) < 4.78 is 24.9. The van der Waals surface area contributed by atoms with Crippen molar-refractivity contribution < 1.29 is 8.78 Å². The minimum Gasteiger partial charge on any atom is -0.286 e. The molecule has 0 saturated carbocycles. The van der Waals surface area contributed by atoms with Gasteiger partial charge in [0.05, 0.1) is 13.2 Å². The Labute approximate surface area is 53.0 Å². The monoisotopic (exact) mass is 136 g/mol. The molecule has 9 heavy (non-hydrogen) atoms. The number of hydrogen-bond acceptors (Lipinski definition) is 2. The zero-order valence-electron chi connectivity index (χ0n) is 5.56. The molecule has 0 radical (unpaired) electrons. The summed E-state index contributed by atoms with van der Waals surface area (Å²) in [5.41, 5.74) is 0. The van der Waals surface area contributed by atoms with Crippen molar-refractivity contribution >= 4 is 0 Å². The molecule has 0 amide bonds. The van der Waals surface area contributed by atoms with E-state index in [0.717, 1.165) is 4.90 Å². The second kappa shape index (κ2) is 1.88. The van der Waals surface area contributed by atoms with Crippen LogP contribution in [0.4, 0.5) is 8.78 Å². The van der Waals surface area contributed by atoms with Gasteiger partial charge in [-0.3, -0.25) is 4.90 Å². The summed E-state index contributed by atoms with van der Waals surface area (Å²) in [7, 11) is 3.10. The molecule has 54 valence electrons. The molecule has 1 rings (SSSR count). The van der Waals surface area contributed by atoms with Crippen molar-refractivity contribution in [2.75, 3.05) is 27.3 Å². The molecule has 0 atom stereocenters. The van der Waals surface area contributed by atoms with Crippen LogP contribution in [0.25, 0.3) is 0 Å². The number of alkyl halides is 2. The minimum atomic E-state index is -2.62. The fraction of sp³-hybridized carbons (Fsp3) is 1.00. The van der Waals surface area contributed by atoms with Crippen molar-refractivity contribution in [1.29, 1.82) is 0 Å². The van der Waals surface area contributed by atoms with Crippen LogP contribution in [-0.4, -0.2) is 43.2 Å². The first-order valence-corrected chi connectivity index (χ1v) is 2.80. The Morgan fingerprint density at radius 2 is 1.89 bits per heavy atom. The van der Waals surface area contributed by atoms with Gasteiger partial charge in [0.25, 0.3) is 0 Å². The Kier molecular flexibility index (Phi) is 1.44. The smallest absolute Gasteiger partial charge is 0.286 e. The summed E-state index contributed by atoms with van der Waals surface area (Å²) in [6.45, 7) is 0.205. The molecule has 2 nitrogen and oxygen atoms in total. The Bertz CT molecular complexity index is 116. The van der Waals surface area contributed by atoms with Gasteiger partial charge in [0.1, 0.15) is 0 Å². The van der Waals surface area contributed by atoms with E-state index in [1.807, 2.05) is 0 Å². The number of hydrogen-bond donors (Lipinski definition) is 0. The van der Waals surface area contributed by atoms with E-state index in [2.05, 4.69) is 0 Å². The van der Waals surface area contributed by atoms with Crippen LogP contribution in [0.2, 0.25) is 0 Å². The first-order chi connectivity index (χ1) is 4.02. The van der Waals surface area contributed by atoms with Gasteiger partial charge in [0, 0.05) is 0 Å². The average Bonchev–Trinajstić information content (AvgIpc) is 1.79. The van der Waals surface area contributed by atoms with E-state index in [4.69, 9.17) is 0 Å². The molecule has 1 heterocycles. The molecule has 0 aromatic rings. The van der Waals surface area contributed by atoms with Crippen molar-refractivity contribution in [3.63, 3.8) is 0 Å². The Morgan fingerprint density at radius 3 is 2.00 bits per heavy atom. The molecule has 0 aromatic carbocycles. The number of nitrogens with zero attached hydrogens (tertiary/aromatic N) is 2. The lowest BCUT2D eigenvalue weighted by atomic mass is 10.5. The largest absolute Gasteiger partial charge is 0.318 e. The molecule has 1 saturated heterocycles. The van der Waals surface area contributed by atoms with Crippen molar-refractivity contribution in [2.45, 2.75) is 6.05 Å². The molecule has 4 heteroatoms. The van der Waals surface area contributed by atoms with E-state index in [0.29, 0.717) is 6.67 Å². The minimum absolute atomic E-state index is 0.149. The van der Waals surface area contributed by atoms with Crippen LogP contribution in [0.1, 0.15) is 0 Å². The van der Waals surface area contributed by atoms with Crippen molar-refractivity contribution in [1.82, 2.24) is 9.80 Å². The molecule has 0 spiro atoms. The third-order valence-corrected chi connectivity index (χ3v) is 1.47. The highest BCUT2D eigenvalue weighted by atomic mass is 19.3. The molecule has 0 bridgehead atoms. The second-order valence-corrected chi connectivity index (χ2v) is 2.52. The van der Waals surface area contributed by atoms with E-state index >= 15 is 0 Å². The zero-order valence-corrected chi connectivity index (χ0v) is 5.56. The number of halogens is 2. The second-order valence-electron chi connectivity index (χ2n) is 2.52. The first kappa shape index (κ1) is 6.89. The van der Waals surface area contributed by atoms with Crippen LogP contribution in [0.5, 0.6) is 0 Å². The molecule has 1 fully saturated rings. The predicted octanol–water partition coefficient (Wildman–Crippen LogP) is 0.414. The molecular formula is C5H10F2N2. The van der Waals surface area contributed by atoms with E-state index in [9.17, 15) is 8.78 Å². The third-order valence-electron chi connectivity index (χ3n) is 1.47. The summed E-state index contributed by atoms with van der Waals surface area (Å²) in [5, 5.41) is 0. The van der Waals surface area contributed by atoms with Crippen molar-refractivity contribution in [3.8, 4) is 0 Å². The molecule has 1 aliphatic heterocycles. The first-order valence-electron chi connectivity index (χ1n) is 2.80. The predicted molar refractivity (Wildman–Crippen MR) is 30.2 cm³/mol. The topological polar surface area (TPSA) is 6.48 Å². The molecule has 0 aliphatic carbocycles. The van der Waals surface area contributed by atoms with Crippen LogP contribution >= 0.6 is 0 Å². The fourth-order valence-corrected chi connectivity index (χ4v) is 0.961. The average molecular weight is 136 g/mol. The van der Waals surface area contributed by atoms with Crippen LogP contribution in [0, 0.1) is 0 Å². The van der Waals surface area contributed by atoms with E-state index in [-0.39, 0.29) is 6.54 Å². The maximum atomic E-state index is 12.5. The molecule has 0 N–H and O–H groups in total. The summed E-state index contributed by atoms with van der Waals surface area (Å²) in [6, 6.07) is -2.62. The Hall–Kier alpha value is -0.220. The van der Waals surface area contributed by atoms with E-state index in [1.165, 1.54) is 7.05 Å². The van der Waals surface area contributed by atoms with Crippen molar-refractivity contribution in [2.24, 2.45) is 0 Å². The van der Waals surface area contributed by atoms with Crippen molar-refractivity contribution in [3.05, 3.63) is 0 Å². The normalized spacial score (nSPS) is 29.3. The van der Waals surface area contributed by atoms with Gasteiger partial charge in [-0.15, -0.1) is 0 Å². The number of rotatable bonds is 0. The van der Waals surface area contributed by atoms with Gasteiger partial charge in [-0.2, -0.15) is 8.78 Å². The maximum Gasteiger partial charge on any atom is 0.318 e. The van der Waals surface area contributed by atoms with E-state index in [1.54, 1.807) is 11.9 Å². The highest BCUT2D eigenvalue weighted by Crippen LogP contribution is 2.24. The summed E-state index contributed by atoms with van der Waals surface area (Å²) >= 11 is 0. The summed E-state index contributed by atoms with van der Waals surface area (Å²) in [6.07, 6.45) is 0. The Balaban J connectivity index is 2.58. The summed E-state index contributed by atoms with van der Waals surface area (Å²) in [4.78, 5) is 2.62. The zero-order chi connectivity index (χ0) is 7.07. The van der Waals surface area contributed by atoms with E-state index < -0.39 is 6.05 Å². The molecule has 0 unspecified atom stereocenters. The van der Waals surface area contributed by atoms with Crippen LogP contribution in [0.3, 0.4) is 0 Å². The van der Waals surface area contributed by atoms with Gasteiger partial charge < -0.3 is 0 Å². The Morgan fingerprint density at radius 1 is 1.33 bits per heavy atom. The highest BCUT2D eigenvalue weighted by Gasteiger charge is 2.41. The SMILES string of the molecule is CN1CN(C)C(F)(F)C1. The number of likely N-dealkylation sites (N-methyl/N-ethyl adjacent to an activating group) is 2. The quantitative estimate of drug-likeness (QED) is 0.445. The van der Waals surface area contributed by atoms with Gasteiger partial charge in [-0.1, -0.05) is 0 Å². The lowest BCUT2D eigenvalue weighted by molar-refractivity contribution is -0.0951. The van der Waals surface area contributed by atoms with Gasteiger partial charge in [-0.05, 0) is 14.1 Å². The van der Waals surface area contributed by atoms with Gasteiger partial charge in [0.15, 0.2) is 0 Å². The summed E-state index contributed by atoms with van der Waals surface area (Å²) in [5.74, 6) is 0. The van der Waals surface area contributed by atoms with Crippen LogP contribution in [0.15, 0.2) is 0 Å². The standard InChI is InChI=1S/C5H10F2N2/c1-8-3-5(6,7)9(2)4-8/h3-4H2,1-2H3. The van der Waals surface area contributed by atoms with Crippen LogP contribution in [-0.2, 0) is 0 Å².